The average molecular weight is 373 g/mol. The fourth-order valence-electron chi connectivity index (χ4n) is 2.10. The summed E-state index contributed by atoms with van der Waals surface area (Å²) < 4.78 is 11.4. The van der Waals surface area contributed by atoms with E-state index in [-0.39, 0.29) is 12.2 Å². The Labute approximate surface area is 156 Å². The summed E-state index contributed by atoms with van der Waals surface area (Å²) in [6, 6.07) is 14.3. The van der Waals surface area contributed by atoms with E-state index < -0.39 is 0 Å². The SMILES string of the molecule is CCOc1cc(C=C(C#N)C#N)cc(Cl)c1OCc1ccccc1Cl. The Balaban J connectivity index is 2.34. The maximum absolute atomic E-state index is 8.88. The van der Waals surface area contributed by atoms with Crippen molar-refractivity contribution in [3.8, 4) is 23.6 Å². The monoisotopic (exact) mass is 372 g/mol. The van der Waals surface area contributed by atoms with Crippen LogP contribution in [0.1, 0.15) is 18.1 Å². The quantitative estimate of drug-likeness (QED) is 0.636. The smallest absolute Gasteiger partial charge is 0.180 e. The molecular weight excluding hydrogens is 359 g/mol. The molecular formula is C19H14Cl2N2O2. The molecule has 0 aromatic heterocycles. The Morgan fingerprint density at radius 2 is 1.80 bits per heavy atom. The second-order valence-corrected chi connectivity index (χ2v) is 5.74. The predicted octanol–water partition coefficient (Wildman–Crippen LogP) is 5.40. The van der Waals surface area contributed by atoms with Crippen LogP contribution in [-0.2, 0) is 6.61 Å². The number of nitriles is 2. The van der Waals surface area contributed by atoms with Gasteiger partial charge in [0.15, 0.2) is 11.5 Å². The molecule has 0 radical (unpaired) electrons. The summed E-state index contributed by atoms with van der Waals surface area (Å²) in [4.78, 5) is 0. The number of ether oxygens (including phenoxy) is 2. The van der Waals surface area contributed by atoms with E-state index in [9.17, 15) is 0 Å². The summed E-state index contributed by atoms with van der Waals surface area (Å²) in [5, 5.41) is 18.7. The molecule has 2 rings (SSSR count). The Morgan fingerprint density at radius 3 is 2.44 bits per heavy atom. The Morgan fingerprint density at radius 1 is 1.08 bits per heavy atom. The third kappa shape index (κ3) is 4.90. The molecule has 0 atom stereocenters. The molecule has 2 aromatic rings. The molecule has 0 bridgehead atoms. The van der Waals surface area contributed by atoms with Crippen LogP contribution in [0, 0.1) is 22.7 Å². The first-order chi connectivity index (χ1) is 12.1. The van der Waals surface area contributed by atoms with Gasteiger partial charge < -0.3 is 9.47 Å². The molecule has 0 fully saturated rings. The highest BCUT2D eigenvalue weighted by atomic mass is 35.5. The second-order valence-electron chi connectivity index (χ2n) is 4.92. The van der Waals surface area contributed by atoms with Gasteiger partial charge >= 0.3 is 0 Å². The van der Waals surface area contributed by atoms with Crippen molar-refractivity contribution < 1.29 is 9.47 Å². The lowest BCUT2D eigenvalue weighted by Crippen LogP contribution is -2.01. The molecule has 0 amide bonds. The van der Waals surface area contributed by atoms with Crippen LogP contribution in [0.25, 0.3) is 6.08 Å². The van der Waals surface area contributed by atoms with Gasteiger partial charge in [0.25, 0.3) is 0 Å². The zero-order valence-electron chi connectivity index (χ0n) is 13.4. The molecule has 0 aliphatic heterocycles. The minimum absolute atomic E-state index is 0.0248. The van der Waals surface area contributed by atoms with Crippen LogP contribution in [0.5, 0.6) is 11.5 Å². The van der Waals surface area contributed by atoms with E-state index in [0.717, 1.165) is 5.56 Å². The van der Waals surface area contributed by atoms with Gasteiger partial charge in [0.1, 0.15) is 24.3 Å². The van der Waals surface area contributed by atoms with Gasteiger partial charge in [-0.15, -0.1) is 0 Å². The predicted molar refractivity (Wildman–Crippen MR) is 97.6 cm³/mol. The summed E-state index contributed by atoms with van der Waals surface area (Å²) in [5.41, 5.74) is 1.38. The summed E-state index contributed by atoms with van der Waals surface area (Å²) >= 11 is 12.4. The Bertz CT molecular complexity index is 864. The molecule has 0 N–H and O–H groups in total. The van der Waals surface area contributed by atoms with Crippen LogP contribution in [0.15, 0.2) is 42.0 Å². The number of hydrogen-bond acceptors (Lipinski definition) is 4. The molecule has 2 aromatic carbocycles. The van der Waals surface area contributed by atoms with Crippen LogP contribution in [0.3, 0.4) is 0 Å². The van der Waals surface area contributed by atoms with Crippen molar-refractivity contribution in [3.05, 3.63) is 63.1 Å². The largest absolute Gasteiger partial charge is 0.490 e. The van der Waals surface area contributed by atoms with E-state index in [1.807, 2.05) is 37.3 Å². The lowest BCUT2D eigenvalue weighted by molar-refractivity contribution is 0.269. The standard InChI is InChI=1S/C19H14Cl2N2O2/c1-2-24-18-9-13(7-14(10-22)11-23)8-17(21)19(18)25-12-15-5-3-4-6-16(15)20/h3-9H,2,12H2,1H3. The van der Waals surface area contributed by atoms with E-state index in [0.29, 0.717) is 33.7 Å². The van der Waals surface area contributed by atoms with Gasteiger partial charge in [0.2, 0.25) is 0 Å². The molecule has 0 saturated heterocycles. The van der Waals surface area contributed by atoms with Crippen molar-refractivity contribution in [2.75, 3.05) is 6.61 Å². The zero-order valence-corrected chi connectivity index (χ0v) is 14.9. The van der Waals surface area contributed by atoms with Gasteiger partial charge in [-0.3, -0.25) is 0 Å². The highest BCUT2D eigenvalue weighted by Crippen LogP contribution is 2.38. The van der Waals surface area contributed by atoms with Crippen molar-refractivity contribution in [2.45, 2.75) is 13.5 Å². The topological polar surface area (TPSA) is 66.0 Å². The van der Waals surface area contributed by atoms with Crippen LogP contribution in [0.4, 0.5) is 0 Å². The minimum atomic E-state index is -0.0248. The minimum Gasteiger partial charge on any atom is -0.490 e. The van der Waals surface area contributed by atoms with Gasteiger partial charge in [-0.25, -0.2) is 0 Å². The van der Waals surface area contributed by atoms with Gasteiger partial charge in [-0.05, 0) is 36.8 Å². The van der Waals surface area contributed by atoms with Crippen molar-refractivity contribution in [3.63, 3.8) is 0 Å². The second kappa shape index (κ2) is 8.99. The van der Waals surface area contributed by atoms with Crippen LogP contribution in [0.2, 0.25) is 10.0 Å². The van der Waals surface area contributed by atoms with E-state index in [1.165, 1.54) is 6.08 Å². The molecule has 126 valence electrons. The molecule has 0 aliphatic rings. The summed E-state index contributed by atoms with van der Waals surface area (Å²) in [7, 11) is 0. The fourth-order valence-corrected chi connectivity index (χ4v) is 2.56. The fraction of sp³-hybridized carbons (Fsp3) is 0.158. The van der Waals surface area contributed by atoms with E-state index in [1.54, 1.807) is 18.2 Å². The lowest BCUT2D eigenvalue weighted by Gasteiger charge is -2.15. The number of rotatable bonds is 6. The van der Waals surface area contributed by atoms with Gasteiger partial charge in [-0.2, -0.15) is 10.5 Å². The summed E-state index contributed by atoms with van der Waals surface area (Å²) in [5.74, 6) is 0.819. The first-order valence-corrected chi connectivity index (χ1v) is 8.19. The number of allylic oxidation sites excluding steroid dienone is 1. The van der Waals surface area contributed by atoms with Crippen molar-refractivity contribution in [1.82, 2.24) is 0 Å². The number of nitrogens with zero attached hydrogens (tertiary/aromatic N) is 2. The summed E-state index contributed by atoms with van der Waals surface area (Å²) in [6.07, 6.45) is 1.44. The third-order valence-electron chi connectivity index (χ3n) is 3.21. The molecule has 4 nitrogen and oxygen atoms in total. The first-order valence-electron chi connectivity index (χ1n) is 7.43. The highest BCUT2D eigenvalue weighted by Gasteiger charge is 2.13. The molecule has 0 aliphatic carbocycles. The van der Waals surface area contributed by atoms with Crippen LogP contribution in [-0.4, -0.2) is 6.61 Å². The zero-order chi connectivity index (χ0) is 18.2. The maximum Gasteiger partial charge on any atom is 0.180 e. The van der Waals surface area contributed by atoms with E-state index in [4.69, 9.17) is 43.2 Å². The van der Waals surface area contributed by atoms with Crippen LogP contribution >= 0.6 is 23.2 Å². The van der Waals surface area contributed by atoms with Gasteiger partial charge in [0.05, 0.1) is 11.6 Å². The van der Waals surface area contributed by atoms with E-state index >= 15 is 0 Å². The van der Waals surface area contributed by atoms with Crippen molar-refractivity contribution >= 4 is 29.3 Å². The molecule has 0 spiro atoms. The molecule has 25 heavy (non-hydrogen) atoms. The average Bonchev–Trinajstić information content (AvgIpc) is 2.60. The maximum atomic E-state index is 8.88. The lowest BCUT2D eigenvalue weighted by atomic mass is 10.1. The Kier molecular flexibility index (Phi) is 6.71. The Hall–Kier alpha value is -2.66. The van der Waals surface area contributed by atoms with Crippen molar-refractivity contribution in [2.24, 2.45) is 0 Å². The molecule has 0 heterocycles. The van der Waals surface area contributed by atoms with Gasteiger partial charge in [0, 0.05) is 10.6 Å². The molecule has 0 saturated carbocycles. The number of halogens is 2. The first kappa shape index (κ1) is 18.7. The van der Waals surface area contributed by atoms with Gasteiger partial charge in [-0.1, -0.05) is 41.4 Å². The number of benzene rings is 2. The molecule has 0 unspecified atom stereocenters. The summed E-state index contributed by atoms with van der Waals surface area (Å²) in [6.45, 7) is 2.48. The van der Waals surface area contributed by atoms with Crippen molar-refractivity contribution in [1.29, 1.82) is 10.5 Å². The van der Waals surface area contributed by atoms with E-state index in [2.05, 4.69) is 0 Å². The number of hydrogen-bond donors (Lipinski definition) is 0. The highest BCUT2D eigenvalue weighted by molar-refractivity contribution is 6.32. The molecule has 6 heteroatoms. The van der Waals surface area contributed by atoms with Crippen LogP contribution < -0.4 is 9.47 Å². The normalized spacial score (nSPS) is 9.64. The third-order valence-corrected chi connectivity index (χ3v) is 3.86.